The number of benzene rings is 1. The topological polar surface area (TPSA) is 71.0 Å². The van der Waals surface area contributed by atoms with Crippen LogP contribution in [-0.4, -0.2) is 33.9 Å². The molecule has 30 heavy (non-hydrogen) atoms. The summed E-state index contributed by atoms with van der Waals surface area (Å²) in [5, 5.41) is 6.19. The van der Waals surface area contributed by atoms with Crippen LogP contribution in [0.2, 0.25) is 0 Å². The number of amides is 1. The van der Waals surface area contributed by atoms with Gasteiger partial charge in [-0.3, -0.25) is 4.79 Å². The number of carbonyl (C=O) groups is 1. The molecule has 0 unspecified atom stereocenters. The standard InChI is InChI=1S/C23H27N5OS/c1-16-12-17(2)26-23(25-16)28-10-8-19(9-11-28)22(29)24-14-20-15-30-21(27-20)13-18-6-4-3-5-7-18/h3-7,12,15,19H,8-11,13-14H2,1-2H3,(H,24,29). The smallest absolute Gasteiger partial charge is 0.225 e. The summed E-state index contributed by atoms with van der Waals surface area (Å²) in [6.45, 7) is 6.08. The first kappa shape index (κ1) is 20.5. The van der Waals surface area contributed by atoms with Crippen molar-refractivity contribution in [3.05, 3.63) is 69.4 Å². The molecular weight excluding hydrogens is 394 g/mol. The number of piperidine rings is 1. The number of anilines is 1. The molecule has 6 nitrogen and oxygen atoms in total. The first-order chi connectivity index (χ1) is 14.6. The van der Waals surface area contributed by atoms with E-state index in [2.05, 4.69) is 37.3 Å². The third-order valence-corrected chi connectivity index (χ3v) is 6.26. The van der Waals surface area contributed by atoms with E-state index in [9.17, 15) is 4.79 Å². The summed E-state index contributed by atoms with van der Waals surface area (Å²) in [5.74, 6) is 0.933. The van der Waals surface area contributed by atoms with Crippen LogP contribution in [0.1, 0.15) is 40.5 Å². The number of hydrogen-bond acceptors (Lipinski definition) is 6. The van der Waals surface area contributed by atoms with Gasteiger partial charge in [0.05, 0.1) is 17.2 Å². The summed E-state index contributed by atoms with van der Waals surface area (Å²) >= 11 is 1.65. The molecule has 1 amide bonds. The third kappa shape index (κ3) is 5.21. The fourth-order valence-electron chi connectivity index (χ4n) is 3.79. The Morgan fingerprint density at radius 2 is 1.80 bits per heavy atom. The summed E-state index contributed by atoms with van der Waals surface area (Å²) in [4.78, 5) is 28.6. The average molecular weight is 422 g/mol. The molecule has 1 N–H and O–H groups in total. The lowest BCUT2D eigenvalue weighted by Crippen LogP contribution is -2.41. The number of nitrogens with zero attached hydrogens (tertiary/aromatic N) is 4. The molecule has 1 aliphatic heterocycles. The number of aromatic nitrogens is 3. The normalized spacial score (nSPS) is 14.7. The second-order valence-corrected chi connectivity index (χ2v) is 8.77. The Kier molecular flexibility index (Phi) is 6.38. The highest BCUT2D eigenvalue weighted by atomic mass is 32.1. The van der Waals surface area contributed by atoms with Crippen molar-refractivity contribution in [3.8, 4) is 0 Å². The van der Waals surface area contributed by atoms with Crippen LogP contribution in [0.25, 0.3) is 0 Å². The first-order valence-electron chi connectivity index (χ1n) is 10.4. The van der Waals surface area contributed by atoms with Gasteiger partial charge in [0.15, 0.2) is 0 Å². The molecule has 0 spiro atoms. The molecular formula is C23H27N5OS. The molecule has 7 heteroatoms. The predicted molar refractivity (Wildman–Crippen MR) is 120 cm³/mol. The Morgan fingerprint density at radius 3 is 2.50 bits per heavy atom. The molecule has 3 heterocycles. The van der Waals surface area contributed by atoms with Crippen LogP contribution in [0.4, 0.5) is 5.95 Å². The zero-order chi connectivity index (χ0) is 20.9. The van der Waals surface area contributed by atoms with Crippen molar-refractivity contribution >= 4 is 23.2 Å². The average Bonchev–Trinajstić information content (AvgIpc) is 3.19. The molecule has 0 aliphatic carbocycles. The first-order valence-corrected chi connectivity index (χ1v) is 11.3. The highest BCUT2D eigenvalue weighted by Crippen LogP contribution is 2.22. The fourth-order valence-corrected chi connectivity index (χ4v) is 4.62. The van der Waals surface area contributed by atoms with Crippen LogP contribution in [-0.2, 0) is 17.8 Å². The molecule has 0 bridgehead atoms. The molecule has 0 atom stereocenters. The maximum absolute atomic E-state index is 12.6. The zero-order valence-corrected chi connectivity index (χ0v) is 18.3. The Morgan fingerprint density at radius 1 is 1.10 bits per heavy atom. The molecule has 1 fully saturated rings. The minimum atomic E-state index is 0.0366. The second-order valence-electron chi connectivity index (χ2n) is 7.82. The molecule has 4 rings (SSSR count). The minimum Gasteiger partial charge on any atom is -0.350 e. The van der Waals surface area contributed by atoms with E-state index in [4.69, 9.17) is 0 Å². The van der Waals surface area contributed by atoms with E-state index in [-0.39, 0.29) is 11.8 Å². The summed E-state index contributed by atoms with van der Waals surface area (Å²) in [6, 6.07) is 12.3. The largest absolute Gasteiger partial charge is 0.350 e. The lowest BCUT2D eigenvalue weighted by atomic mass is 9.96. The molecule has 1 saturated heterocycles. The van der Waals surface area contributed by atoms with E-state index in [0.717, 1.165) is 60.4 Å². The van der Waals surface area contributed by atoms with Gasteiger partial charge in [0.25, 0.3) is 0 Å². The maximum Gasteiger partial charge on any atom is 0.225 e. The van der Waals surface area contributed by atoms with Crippen molar-refractivity contribution in [1.29, 1.82) is 0 Å². The van der Waals surface area contributed by atoms with E-state index >= 15 is 0 Å². The fraction of sp³-hybridized carbons (Fsp3) is 0.391. The zero-order valence-electron chi connectivity index (χ0n) is 17.5. The summed E-state index contributed by atoms with van der Waals surface area (Å²) in [5.41, 5.74) is 4.14. The molecule has 0 radical (unpaired) electrons. The van der Waals surface area contributed by atoms with Crippen molar-refractivity contribution in [1.82, 2.24) is 20.3 Å². The maximum atomic E-state index is 12.6. The molecule has 156 valence electrons. The van der Waals surface area contributed by atoms with E-state index in [1.54, 1.807) is 11.3 Å². The van der Waals surface area contributed by atoms with Gasteiger partial charge in [-0.2, -0.15) is 0 Å². The van der Waals surface area contributed by atoms with Crippen LogP contribution < -0.4 is 10.2 Å². The van der Waals surface area contributed by atoms with Gasteiger partial charge in [0.2, 0.25) is 11.9 Å². The van der Waals surface area contributed by atoms with Gasteiger partial charge in [-0.15, -0.1) is 11.3 Å². The van der Waals surface area contributed by atoms with Crippen LogP contribution in [0, 0.1) is 19.8 Å². The summed E-state index contributed by atoms with van der Waals surface area (Å²) in [7, 11) is 0. The summed E-state index contributed by atoms with van der Waals surface area (Å²) < 4.78 is 0. The third-order valence-electron chi connectivity index (χ3n) is 5.36. The monoisotopic (exact) mass is 421 g/mol. The Bertz CT molecular complexity index is 976. The molecule has 0 saturated carbocycles. The van der Waals surface area contributed by atoms with E-state index in [0.29, 0.717) is 6.54 Å². The Balaban J connectivity index is 1.25. The van der Waals surface area contributed by atoms with Gasteiger partial charge < -0.3 is 10.2 Å². The van der Waals surface area contributed by atoms with Crippen LogP contribution >= 0.6 is 11.3 Å². The van der Waals surface area contributed by atoms with Gasteiger partial charge in [-0.05, 0) is 38.3 Å². The van der Waals surface area contributed by atoms with Gasteiger partial charge >= 0.3 is 0 Å². The molecule has 2 aromatic heterocycles. The van der Waals surface area contributed by atoms with E-state index in [1.807, 2.05) is 43.5 Å². The van der Waals surface area contributed by atoms with Gasteiger partial charge in [-0.25, -0.2) is 15.0 Å². The number of hydrogen-bond donors (Lipinski definition) is 1. The lowest BCUT2D eigenvalue weighted by Gasteiger charge is -2.31. The van der Waals surface area contributed by atoms with Gasteiger partial charge in [0.1, 0.15) is 0 Å². The van der Waals surface area contributed by atoms with E-state index in [1.165, 1.54) is 5.56 Å². The predicted octanol–water partition coefficient (Wildman–Crippen LogP) is 3.67. The molecule has 1 aromatic carbocycles. The van der Waals surface area contributed by atoms with Crippen molar-refractivity contribution in [2.24, 2.45) is 5.92 Å². The number of carbonyl (C=O) groups excluding carboxylic acids is 1. The van der Waals surface area contributed by atoms with Crippen LogP contribution in [0.15, 0.2) is 41.8 Å². The molecule has 3 aromatic rings. The lowest BCUT2D eigenvalue weighted by molar-refractivity contribution is -0.125. The number of thiazole rings is 1. The van der Waals surface area contributed by atoms with Gasteiger partial charge in [-0.1, -0.05) is 30.3 Å². The SMILES string of the molecule is Cc1cc(C)nc(N2CCC(C(=O)NCc3csc(Cc4ccccc4)n3)CC2)n1. The van der Waals surface area contributed by atoms with Crippen molar-refractivity contribution in [2.45, 2.75) is 39.7 Å². The molecule has 1 aliphatic rings. The Labute approximate surface area is 181 Å². The van der Waals surface area contributed by atoms with Crippen molar-refractivity contribution in [2.75, 3.05) is 18.0 Å². The highest BCUT2D eigenvalue weighted by molar-refractivity contribution is 7.09. The number of aryl methyl sites for hydroxylation is 2. The summed E-state index contributed by atoms with van der Waals surface area (Å²) in [6.07, 6.45) is 2.47. The quantitative estimate of drug-likeness (QED) is 0.658. The van der Waals surface area contributed by atoms with E-state index < -0.39 is 0 Å². The van der Waals surface area contributed by atoms with Crippen molar-refractivity contribution in [3.63, 3.8) is 0 Å². The van der Waals surface area contributed by atoms with Gasteiger partial charge in [0, 0.05) is 42.2 Å². The second kappa shape index (κ2) is 9.34. The van der Waals surface area contributed by atoms with Crippen LogP contribution in [0.3, 0.4) is 0 Å². The Hall–Kier alpha value is -2.80. The minimum absolute atomic E-state index is 0.0366. The van der Waals surface area contributed by atoms with Crippen molar-refractivity contribution < 1.29 is 4.79 Å². The number of nitrogens with one attached hydrogen (secondary N) is 1. The van der Waals surface area contributed by atoms with Crippen LogP contribution in [0.5, 0.6) is 0 Å². The highest BCUT2D eigenvalue weighted by Gasteiger charge is 2.26. The number of rotatable bonds is 6.